The molecule has 1 fully saturated rings. The third-order valence-corrected chi connectivity index (χ3v) is 5.92. The highest BCUT2D eigenvalue weighted by Crippen LogP contribution is 2.29. The Morgan fingerprint density at radius 1 is 1.20 bits per heavy atom. The lowest BCUT2D eigenvalue weighted by molar-refractivity contribution is -0.128. The highest BCUT2D eigenvalue weighted by molar-refractivity contribution is 14.1. The molecule has 0 spiro atoms. The normalized spacial score (nSPS) is 16.0. The van der Waals surface area contributed by atoms with Gasteiger partial charge in [0.15, 0.2) is 11.6 Å². The van der Waals surface area contributed by atoms with Crippen LogP contribution in [0.15, 0.2) is 30.3 Å². The largest absolute Gasteiger partial charge is 0.384 e. The lowest BCUT2D eigenvalue weighted by atomic mass is 9.85. The lowest BCUT2D eigenvalue weighted by Crippen LogP contribution is -2.71. The molecule has 1 heterocycles. The third-order valence-electron chi connectivity index (χ3n) is 5.25. The number of nitrogens with one attached hydrogen (secondary N) is 1. The fraction of sp³-hybridized carbons (Fsp3) is 0.333. The van der Waals surface area contributed by atoms with Gasteiger partial charge in [0, 0.05) is 28.0 Å². The number of β-amino-alcohol motifs (C(OH)–C–C–N with tert-alkyl or cyclic N) is 1. The van der Waals surface area contributed by atoms with Crippen molar-refractivity contribution < 1.29 is 27.9 Å². The van der Waals surface area contributed by atoms with E-state index in [9.17, 15) is 27.9 Å². The average molecular weight is 532 g/mol. The Labute approximate surface area is 185 Å². The first-order valence-electron chi connectivity index (χ1n) is 9.21. The van der Waals surface area contributed by atoms with Crippen molar-refractivity contribution in [3.8, 4) is 0 Å². The van der Waals surface area contributed by atoms with Crippen molar-refractivity contribution in [3.63, 3.8) is 0 Å². The molecule has 2 aromatic carbocycles. The predicted molar refractivity (Wildman–Crippen MR) is 112 cm³/mol. The fourth-order valence-corrected chi connectivity index (χ4v) is 3.92. The molecule has 3 rings (SSSR count). The van der Waals surface area contributed by atoms with Gasteiger partial charge >= 0.3 is 0 Å². The molecule has 0 aromatic heterocycles. The number of aliphatic hydroxyl groups is 1. The molecule has 0 bridgehead atoms. The van der Waals surface area contributed by atoms with Gasteiger partial charge in [-0.3, -0.25) is 9.59 Å². The van der Waals surface area contributed by atoms with Gasteiger partial charge in [-0.25, -0.2) is 13.2 Å². The van der Waals surface area contributed by atoms with E-state index in [-0.39, 0.29) is 42.1 Å². The number of likely N-dealkylation sites (tertiary alicyclic amines) is 1. The van der Waals surface area contributed by atoms with Gasteiger partial charge in [0.1, 0.15) is 11.4 Å². The van der Waals surface area contributed by atoms with Gasteiger partial charge in [-0.2, -0.15) is 0 Å². The van der Waals surface area contributed by atoms with Gasteiger partial charge in [0.2, 0.25) is 5.91 Å². The molecule has 0 aliphatic carbocycles. The number of halogens is 4. The number of carbonyl (C=O) groups is 2. The van der Waals surface area contributed by atoms with E-state index in [1.165, 1.54) is 24.0 Å². The molecular weight excluding hydrogens is 512 g/mol. The fourth-order valence-electron chi connectivity index (χ4n) is 3.46. The van der Waals surface area contributed by atoms with Crippen LogP contribution in [0, 0.1) is 21.0 Å². The maximum absolute atomic E-state index is 14.6. The molecule has 1 aliphatic heterocycles. The van der Waals surface area contributed by atoms with E-state index in [4.69, 9.17) is 0 Å². The molecule has 5 nitrogen and oxygen atoms in total. The number of benzene rings is 2. The van der Waals surface area contributed by atoms with E-state index in [0.717, 1.165) is 12.1 Å². The summed E-state index contributed by atoms with van der Waals surface area (Å²) < 4.78 is 43.3. The summed E-state index contributed by atoms with van der Waals surface area (Å²) in [7, 11) is 0. The van der Waals surface area contributed by atoms with E-state index < -0.39 is 35.0 Å². The van der Waals surface area contributed by atoms with Gasteiger partial charge in [-0.1, -0.05) is 6.07 Å². The van der Waals surface area contributed by atoms with E-state index >= 15 is 0 Å². The summed E-state index contributed by atoms with van der Waals surface area (Å²) in [6.45, 7) is 2.78. The molecule has 1 unspecified atom stereocenters. The first-order valence-corrected chi connectivity index (χ1v) is 10.3. The zero-order chi connectivity index (χ0) is 22.2. The van der Waals surface area contributed by atoms with Gasteiger partial charge in [0.25, 0.3) is 5.91 Å². The van der Waals surface area contributed by atoms with Gasteiger partial charge in [-0.15, -0.1) is 0 Å². The average Bonchev–Trinajstić information content (AvgIpc) is 2.63. The SMILES string of the molecule is CC(=O)NC(C)C1(O)CN(C(=O)c2ccc(F)c(F)c2Cc2ccc(I)cc2F)C1. The molecule has 2 amide bonds. The maximum atomic E-state index is 14.6. The summed E-state index contributed by atoms with van der Waals surface area (Å²) >= 11 is 1.93. The summed E-state index contributed by atoms with van der Waals surface area (Å²) in [6.07, 6.45) is -0.298. The Balaban J connectivity index is 1.85. The summed E-state index contributed by atoms with van der Waals surface area (Å²) in [4.78, 5) is 25.4. The first kappa shape index (κ1) is 22.5. The van der Waals surface area contributed by atoms with Gasteiger partial charge in [0.05, 0.1) is 19.1 Å². The zero-order valence-electron chi connectivity index (χ0n) is 16.3. The molecule has 30 heavy (non-hydrogen) atoms. The monoisotopic (exact) mass is 532 g/mol. The third kappa shape index (κ3) is 4.46. The quantitative estimate of drug-likeness (QED) is 0.583. The Kier molecular flexibility index (Phi) is 6.42. The molecule has 160 valence electrons. The Morgan fingerprint density at radius 2 is 1.87 bits per heavy atom. The Bertz CT molecular complexity index is 1010. The predicted octanol–water partition coefficient (Wildman–Crippen LogP) is 3.01. The first-order chi connectivity index (χ1) is 14.0. The second-order valence-corrected chi connectivity index (χ2v) is 8.73. The van der Waals surface area contributed by atoms with Crippen LogP contribution in [0.25, 0.3) is 0 Å². The highest BCUT2D eigenvalue weighted by atomic mass is 127. The summed E-state index contributed by atoms with van der Waals surface area (Å²) in [5.41, 5.74) is -1.53. The number of rotatable bonds is 5. The Hall–Kier alpha value is -2.14. The second-order valence-electron chi connectivity index (χ2n) is 7.49. The van der Waals surface area contributed by atoms with Crippen molar-refractivity contribution in [1.82, 2.24) is 10.2 Å². The topological polar surface area (TPSA) is 69.6 Å². The molecule has 2 aromatic rings. The van der Waals surface area contributed by atoms with E-state index in [1.807, 2.05) is 22.6 Å². The van der Waals surface area contributed by atoms with Crippen LogP contribution in [-0.4, -0.2) is 46.6 Å². The number of carbonyl (C=O) groups excluding carboxylic acids is 2. The van der Waals surface area contributed by atoms with Gasteiger partial charge < -0.3 is 15.3 Å². The number of nitrogens with zero attached hydrogens (tertiary/aromatic N) is 1. The van der Waals surface area contributed by atoms with E-state index in [0.29, 0.717) is 3.57 Å². The van der Waals surface area contributed by atoms with Crippen molar-refractivity contribution in [2.45, 2.75) is 31.9 Å². The highest BCUT2D eigenvalue weighted by Gasteiger charge is 2.48. The number of hydrogen-bond donors (Lipinski definition) is 2. The summed E-state index contributed by atoms with van der Waals surface area (Å²) in [6, 6.07) is 5.79. The summed E-state index contributed by atoms with van der Waals surface area (Å²) in [5.74, 6) is -3.84. The molecule has 9 heteroatoms. The minimum absolute atomic E-state index is 0.0798. The number of hydrogen-bond acceptors (Lipinski definition) is 3. The standard InChI is InChI=1S/C21H20F3IN2O3/c1-11(26-12(2)28)21(30)9-27(10-21)20(29)15-5-6-17(22)19(24)16(15)7-13-3-4-14(25)8-18(13)23/h3-6,8,11,30H,7,9-10H2,1-2H3,(H,26,28). The van der Waals surface area contributed by atoms with Crippen LogP contribution in [0.1, 0.15) is 35.3 Å². The van der Waals surface area contributed by atoms with Crippen LogP contribution < -0.4 is 5.32 Å². The smallest absolute Gasteiger partial charge is 0.254 e. The van der Waals surface area contributed by atoms with Crippen molar-refractivity contribution in [2.75, 3.05) is 13.1 Å². The molecule has 1 saturated heterocycles. The minimum atomic E-state index is -1.32. The summed E-state index contributed by atoms with van der Waals surface area (Å²) in [5, 5.41) is 13.1. The van der Waals surface area contributed by atoms with Crippen LogP contribution in [0.2, 0.25) is 0 Å². The zero-order valence-corrected chi connectivity index (χ0v) is 18.5. The minimum Gasteiger partial charge on any atom is -0.384 e. The van der Waals surface area contributed by atoms with Crippen LogP contribution >= 0.6 is 22.6 Å². The van der Waals surface area contributed by atoms with E-state index in [1.54, 1.807) is 13.0 Å². The van der Waals surface area contributed by atoms with Crippen LogP contribution in [0.5, 0.6) is 0 Å². The van der Waals surface area contributed by atoms with Crippen molar-refractivity contribution in [1.29, 1.82) is 0 Å². The molecule has 1 aliphatic rings. The number of amides is 2. The molecular formula is C21H20F3IN2O3. The maximum Gasteiger partial charge on any atom is 0.254 e. The van der Waals surface area contributed by atoms with Gasteiger partial charge in [-0.05, 0) is 59.3 Å². The van der Waals surface area contributed by atoms with Crippen LogP contribution in [-0.2, 0) is 11.2 Å². The van der Waals surface area contributed by atoms with Crippen molar-refractivity contribution >= 4 is 34.4 Å². The van der Waals surface area contributed by atoms with Crippen LogP contribution in [0.4, 0.5) is 13.2 Å². The molecule has 0 saturated carbocycles. The molecule has 2 N–H and O–H groups in total. The molecule has 0 radical (unpaired) electrons. The van der Waals surface area contributed by atoms with Crippen molar-refractivity contribution in [2.24, 2.45) is 0 Å². The second kappa shape index (κ2) is 8.54. The van der Waals surface area contributed by atoms with E-state index in [2.05, 4.69) is 5.32 Å². The lowest BCUT2D eigenvalue weighted by Gasteiger charge is -2.49. The molecule has 1 atom stereocenters. The van der Waals surface area contributed by atoms with Crippen molar-refractivity contribution in [3.05, 3.63) is 68.0 Å². The Morgan fingerprint density at radius 3 is 2.47 bits per heavy atom. The van der Waals surface area contributed by atoms with Crippen LogP contribution in [0.3, 0.4) is 0 Å².